The first kappa shape index (κ1) is 19.0. The molecular formula is C20H29NO5. The number of fused-ring (bicyclic) bond motifs is 1. The normalized spacial score (nSPS) is 28.5. The van der Waals surface area contributed by atoms with E-state index in [4.69, 9.17) is 18.9 Å². The molecule has 0 radical (unpaired) electrons. The van der Waals surface area contributed by atoms with E-state index in [9.17, 15) is 4.79 Å². The number of benzene rings is 1. The van der Waals surface area contributed by atoms with Crippen molar-refractivity contribution in [3.8, 4) is 11.5 Å². The molecule has 1 saturated heterocycles. The van der Waals surface area contributed by atoms with Crippen LogP contribution < -0.4 is 9.47 Å². The van der Waals surface area contributed by atoms with E-state index in [1.165, 1.54) is 12.5 Å². The van der Waals surface area contributed by atoms with Gasteiger partial charge in [-0.3, -0.25) is 4.79 Å². The standard InChI is InChI=1S/C20H29NO5/c1-14(22)25-13-26-16-7-8-20(9-10-21(2)19(20)12-16)15-5-6-17(23-3)18(11-15)24-4/h5-6,11,16,19H,7-10,12-13H2,1-4H3. The van der Waals surface area contributed by atoms with Crippen LogP contribution in [0.3, 0.4) is 0 Å². The van der Waals surface area contributed by atoms with Crippen LogP contribution in [0.15, 0.2) is 18.2 Å². The molecule has 6 heteroatoms. The van der Waals surface area contributed by atoms with Crippen molar-refractivity contribution in [3.05, 3.63) is 23.8 Å². The van der Waals surface area contributed by atoms with Crippen molar-refractivity contribution in [2.45, 2.75) is 50.2 Å². The molecule has 1 aliphatic carbocycles. The lowest BCUT2D eigenvalue weighted by Gasteiger charge is -2.44. The first-order valence-electron chi connectivity index (χ1n) is 9.18. The third-order valence-electron chi connectivity index (χ3n) is 6.00. The molecule has 3 atom stereocenters. The number of methoxy groups -OCH3 is 2. The summed E-state index contributed by atoms with van der Waals surface area (Å²) >= 11 is 0. The molecule has 1 heterocycles. The maximum Gasteiger partial charge on any atom is 0.304 e. The minimum absolute atomic E-state index is 0.0415. The summed E-state index contributed by atoms with van der Waals surface area (Å²) in [6.07, 6.45) is 4.18. The van der Waals surface area contributed by atoms with E-state index in [1.807, 2.05) is 6.07 Å². The molecule has 0 aromatic heterocycles. The van der Waals surface area contributed by atoms with E-state index in [-0.39, 0.29) is 24.3 Å². The van der Waals surface area contributed by atoms with Gasteiger partial charge in [0.1, 0.15) is 0 Å². The zero-order chi connectivity index (χ0) is 18.7. The molecule has 6 nitrogen and oxygen atoms in total. The number of likely N-dealkylation sites (N-methyl/N-ethyl adjacent to an activating group) is 1. The number of nitrogens with zero attached hydrogens (tertiary/aromatic N) is 1. The number of ether oxygens (including phenoxy) is 4. The number of hydrogen-bond donors (Lipinski definition) is 0. The summed E-state index contributed by atoms with van der Waals surface area (Å²) in [6.45, 7) is 2.51. The third kappa shape index (κ3) is 3.53. The lowest BCUT2D eigenvalue weighted by atomic mass is 9.65. The molecule has 0 bridgehead atoms. The second kappa shape index (κ2) is 7.84. The minimum Gasteiger partial charge on any atom is -0.493 e. The largest absolute Gasteiger partial charge is 0.493 e. The number of rotatable bonds is 6. The maximum absolute atomic E-state index is 10.9. The molecule has 1 aliphatic heterocycles. The molecule has 3 unspecified atom stereocenters. The lowest BCUT2D eigenvalue weighted by Crippen LogP contribution is -2.48. The number of esters is 1. The summed E-state index contributed by atoms with van der Waals surface area (Å²) in [5.74, 6) is 1.23. The molecule has 2 fully saturated rings. The van der Waals surface area contributed by atoms with Crippen molar-refractivity contribution >= 4 is 5.97 Å². The molecule has 1 aromatic rings. The van der Waals surface area contributed by atoms with Crippen LogP contribution in [-0.2, 0) is 19.7 Å². The molecule has 2 aliphatic rings. The fourth-order valence-corrected chi connectivity index (χ4v) is 4.59. The number of carbonyl (C=O) groups excluding carboxylic acids is 1. The lowest BCUT2D eigenvalue weighted by molar-refractivity contribution is -0.161. The van der Waals surface area contributed by atoms with Crippen LogP contribution >= 0.6 is 0 Å². The topological polar surface area (TPSA) is 57.2 Å². The Hall–Kier alpha value is -1.79. The molecule has 0 spiro atoms. The van der Waals surface area contributed by atoms with E-state index < -0.39 is 0 Å². The Morgan fingerprint density at radius 2 is 2.00 bits per heavy atom. The molecule has 0 amide bonds. The summed E-state index contributed by atoms with van der Waals surface area (Å²) < 4.78 is 21.7. The van der Waals surface area contributed by atoms with Gasteiger partial charge in [-0.1, -0.05) is 6.07 Å². The first-order valence-corrected chi connectivity index (χ1v) is 9.18. The maximum atomic E-state index is 10.9. The van der Waals surface area contributed by atoms with Gasteiger partial charge in [0.05, 0.1) is 20.3 Å². The van der Waals surface area contributed by atoms with E-state index in [0.717, 1.165) is 43.7 Å². The van der Waals surface area contributed by atoms with Crippen molar-refractivity contribution in [2.24, 2.45) is 0 Å². The Labute approximate surface area is 155 Å². The van der Waals surface area contributed by atoms with Crippen LogP contribution in [0.1, 0.15) is 38.2 Å². The Bertz CT molecular complexity index is 649. The van der Waals surface area contributed by atoms with E-state index in [2.05, 4.69) is 24.1 Å². The molecule has 26 heavy (non-hydrogen) atoms. The average molecular weight is 363 g/mol. The van der Waals surface area contributed by atoms with Gasteiger partial charge in [-0.05, 0) is 57.0 Å². The van der Waals surface area contributed by atoms with Crippen molar-refractivity contribution in [1.82, 2.24) is 4.90 Å². The van der Waals surface area contributed by atoms with Gasteiger partial charge in [0.25, 0.3) is 0 Å². The van der Waals surface area contributed by atoms with Gasteiger partial charge in [-0.25, -0.2) is 0 Å². The predicted molar refractivity (Wildman–Crippen MR) is 97.6 cm³/mol. The first-order chi connectivity index (χ1) is 12.5. The molecule has 144 valence electrons. The number of likely N-dealkylation sites (tertiary alicyclic amines) is 1. The van der Waals surface area contributed by atoms with Gasteiger partial charge in [0, 0.05) is 18.4 Å². The van der Waals surface area contributed by atoms with E-state index in [0.29, 0.717) is 6.04 Å². The van der Waals surface area contributed by atoms with Crippen molar-refractivity contribution in [2.75, 3.05) is 34.6 Å². The summed E-state index contributed by atoms with van der Waals surface area (Å²) in [6, 6.07) is 6.71. The van der Waals surface area contributed by atoms with Crippen molar-refractivity contribution in [3.63, 3.8) is 0 Å². The summed E-state index contributed by atoms with van der Waals surface area (Å²) in [4.78, 5) is 13.4. The summed E-state index contributed by atoms with van der Waals surface area (Å²) in [5, 5.41) is 0. The van der Waals surface area contributed by atoms with Crippen LogP contribution in [0.2, 0.25) is 0 Å². The molecule has 0 N–H and O–H groups in total. The van der Waals surface area contributed by atoms with Gasteiger partial charge in [0.15, 0.2) is 18.3 Å². The van der Waals surface area contributed by atoms with Crippen molar-refractivity contribution < 1.29 is 23.7 Å². The molecule has 3 rings (SSSR count). The van der Waals surface area contributed by atoms with Gasteiger partial charge in [-0.15, -0.1) is 0 Å². The second-order valence-corrected chi connectivity index (χ2v) is 7.29. The van der Waals surface area contributed by atoms with Crippen molar-refractivity contribution in [1.29, 1.82) is 0 Å². The zero-order valence-corrected chi connectivity index (χ0v) is 16.1. The van der Waals surface area contributed by atoms with Crippen LogP contribution in [0.5, 0.6) is 11.5 Å². The van der Waals surface area contributed by atoms with Gasteiger partial charge in [0.2, 0.25) is 0 Å². The highest BCUT2D eigenvalue weighted by Crippen LogP contribution is 2.50. The Balaban J connectivity index is 1.79. The SMILES string of the molecule is COc1ccc(C23CCC(OCOC(C)=O)CC2N(C)CC3)cc1OC. The second-order valence-electron chi connectivity index (χ2n) is 7.29. The predicted octanol–water partition coefficient (Wildman–Crippen LogP) is 2.74. The number of carbonyl (C=O) groups is 1. The molecular weight excluding hydrogens is 334 g/mol. The fraction of sp³-hybridized carbons (Fsp3) is 0.650. The quantitative estimate of drug-likeness (QED) is 0.572. The van der Waals surface area contributed by atoms with E-state index in [1.54, 1.807) is 14.2 Å². The van der Waals surface area contributed by atoms with Gasteiger partial charge < -0.3 is 23.8 Å². The van der Waals surface area contributed by atoms with Gasteiger partial charge in [-0.2, -0.15) is 0 Å². The van der Waals surface area contributed by atoms with Crippen LogP contribution in [-0.4, -0.2) is 57.6 Å². The van der Waals surface area contributed by atoms with Crippen LogP contribution in [0.4, 0.5) is 0 Å². The zero-order valence-electron chi connectivity index (χ0n) is 16.1. The third-order valence-corrected chi connectivity index (χ3v) is 6.00. The summed E-state index contributed by atoms with van der Waals surface area (Å²) in [7, 11) is 5.52. The van der Waals surface area contributed by atoms with Crippen LogP contribution in [0.25, 0.3) is 0 Å². The highest BCUT2D eigenvalue weighted by molar-refractivity contribution is 5.65. The van der Waals surface area contributed by atoms with E-state index >= 15 is 0 Å². The Morgan fingerprint density at radius 1 is 1.23 bits per heavy atom. The summed E-state index contributed by atoms with van der Waals surface area (Å²) in [5.41, 5.74) is 1.42. The average Bonchev–Trinajstić information content (AvgIpc) is 2.98. The Kier molecular flexibility index (Phi) is 5.73. The Morgan fingerprint density at radius 3 is 2.69 bits per heavy atom. The smallest absolute Gasteiger partial charge is 0.304 e. The monoisotopic (exact) mass is 363 g/mol. The number of hydrogen-bond acceptors (Lipinski definition) is 6. The highest BCUT2D eigenvalue weighted by atomic mass is 16.7. The van der Waals surface area contributed by atoms with Crippen LogP contribution in [0, 0.1) is 0 Å². The highest BCUT2D eigenvalue weighted by Gasteiger charge is 2.50. The minimum atomic E-state index is -0.307. The van der Waals surface area contributed by atoms with Gasteiger partial charge >= 0.3 is 5.97 Å². The fourth-order valence-electron chi connectivity index (χ4n) is 4.59. The molecule has 1 saturated carbocycles. The molecule has 1 aromatic carbocycles.